The maximum absolute atomic E-state index is 12.6. The van der Waals surface area contributed by atoms with Gasteiger partial charge in [0, 0.05) is 23.5 Å². The van der Waals surface area contributed by atoms with E-state index in [1.54, 1.807) is 12.1 Å². The van der Waals surface area contributed by atoms with Gasteiger partial charge in [-0.15, -0.1) is 0 Å². The van der Waals surface area contributed by atoms with Crippen LogP contribution in [0.15, 0.2) is 54.7 Å². The van der Waals surface area contributed by atoms with Gasteiger partial charge in [-0.1, -0.05) is 41.9 Å². The Morgan fingerprint density at radius 2 is 1.85 bits per heavy atom. The standard InChI is InChI=1S/C20H18ClN3O3/c21-15-6-2-4-8-18(15)27-10-9-24-19(25)17(23-20(24)26)11-13-12-22-16-7-3-1-5-14(13)16/h1-8,12,17,22H,9-11H2,(H,23,26)/t17-/m0/s1. The summed E-state index contributed by atoms with van der Waals surface area (Å²) in [5.74, 6) is 0.287. The van der Waals surface area contributed by atoms with Crippen LogP contribution in [0, 0.1) is 0 Å². The number of ether oxygens (including phenoxy) is 1. The van der Waals surface area contributed by atoms with Crippen LogP contribution in [-0.4, -0.2) is 41.0 Å². The van der Waals surface area contributed by atoms with E-state index < -0.39 is 12.1 Å². The Morgan fingerprint density at radius 1 is 1.07 bits per heavy atom. The van der Waals surface area contributed by atoms with Gasteiger partial charge in [-0.2, -0.15) is 0 Å². The van der Waals surface area contributed by atoms with Crippen LogP contribution in [0.4, 0.5) is 4.79 Å². The average Bonchev–Trinajstić information content (AvgIpc) is 3.19. The third-order valence-electron chi connectivity index (χ3n) is 4.62. The van der Waals surface area contributed by atoms with Crippen LogP contribution >= 0.6 is 11.6 Å². The van der Waals surface area contributed by atoms with Crippen molar-refractivity contribution >= 4 is 34.4 Å². The fourth-order valence-electron chi connectivity index (χ4n) is 3.26. The van der Waals surface area contributed by atoms with Crippen molar-refractivity contribution in [1.82, 2.24) is 15.2 Å². The molecule has 4 rings (SSSR count). The highest BCUT2D eigenvalue weighted by Gasteiger charge is 2.38. The molecule has 7 heteroatoms. The molecule has 1 fully saturated rings. The minimum absolute atomic E-state index is 0.167. The predicted molar refractivity (Wildman–Crippen MR) is 103 cm³/mol. The Kier molecular flexibility index (Phi) is 4.73. The summed E-state index contributed by atoms with van der Waals surface area (Å²) < 4.78 is 5.58. The molecule has 3 amide bonds. The zero-order valence-corrected chi connectivity index (χ0v) is 15.2. The van der Waals surface area contributed by atoms with Gasteiger partial charge in [0.05, 0.1) is 11.6 Å². The first-order chi connectivity index (χ1) is 13.1. The van der Waals surface area contributed by atoms with Crippen LogP contribution in [0.3, 0.4) is 0 Å². The van der Waals surface area contributed by atoms with Crippen LogP contribution in [0.25, 0.3) is 10.9 Å². The Morgan fingerprint density at radius 3 is 2.70 bits per heavy atom. The molecule has 2 N–H and O–H groups in total. The number of rotatable bonds is 6. The minimum atomic E-state index is -0.572. The Balaban J connectivity index is 1.39. The molecule has 2 heterocycles. The molecule has 1 aliphatic rings. The van der Waals surface area contributed by atoms with Crippen molar-refractivity contribution in [1.29, 1.82) is 0 Å². The molecule has 0 unspecified atom stereocenters. The third-order valence-corrected chi connectivity index (χ3v) is 4.93. The largest absolute Gasteiger partial charge is 0.490 e. The van der Waals surface area contributed by atoms with Crippen LogP contribution in [0.1, 0.15) is 5.56 Å². The molecule has 3 aromatic rings. The molecule has 0 saturated carbocycles. The van der Waals surface area contributed by atoms with E-state index in [0.717, 1.165) is 16.5 Å². The van der Waals surface area contributed by atoms with Crippen molar-refractivity contribution in [2.75, 3.05) is 13.2 Å². The first kappa shape index (κ1) is 17.4. The van der Waals surface area contributed by atoms with E-state index in [1.165, 1.54) is 4.90 Å². The highest BCUT2D eigenvalue weighted by Crippen LogP contribution is 2.23. The molecule has 0 spiro atoms. The predicted octanol–water partition coefficient (Wildman–Crippen LogP) is 3.36. The number of hydrogen-bond donors (Lipinski definition) is 2. The summed E-state index contributed by atoms with van der Waals surface area (Å²) in [6.07, 6.45) is 2.32. The number of urea groups is 1. The highest BCUT2D eigenvalue weighted by molar-refractivity contribution is 6.32. The fourth-order valence-corrected chi connectivity index (χ4v) is 3.45. The molecule has 138 valence electrons. The summed E-state index contributed by atoms with van der Waals surface area (Å²) in [5, 5.41) is 4.31. The van der Waals surface area contributed by atoms with Gasteiger partial charge < -0.3 is 15.0 Å². The summed E-state index contributed by atoms with van der Waals surface area (Å²) in [6, 6.07) is 14.0. The normalized spacial score (nSPS) is 16.8. The molecule has 1 aliphatic heterocycles. The number of imide groups is 1. The highest BCUT2D eigenvalue weighted by atomic mass is 35.5. The number of benzene rings is 2. The number of nitrogens with one attached hydrogen (secondary N) is 2. The number of para-hydroxylation sites is 2. The van der Waals surface area contributed by atoms with Crippen molar-refractivity contribution in [3.05, 3.63) is 65.3 Å². The number of carbonyl (C=O) groups excluding carboxylic acids is 2. The number of aromatic nitrogens is 1. The van der Waals surface area contributed by atoms with Gasteiger partial charge in [0.25, 0.3) is 5.91 Å². The Labute approximate surface area is 161 Å². The van der Waals surface area contributed by atoms with E-state index in [4.69, 9.17) is 16.3 Å². The fraction of sp³-hybridized carbons (Fsp3) is 0.200. The zero-order chi connectivity index (χ0) is 18.8. The maximum Gasteiger partial charge on any atom is 0.324 e. The number of H-pyrrole nitrogens is 1. The summed E-state index contributed by atoms with van der Waals surface area (Å²) in [5.41, 5.74) is 2.01. The number of amides is 3. The number of nitrogens with zero attached hydrogens (tertiary/aromatic N) is 1. The summed E-state index contributed by atoms with van der Waals surface area (Å²) in [6.45, 7) is 0.350. The van der Waals surface area contributed by atoms with Crippen molar-refractivity contribution < 1.29 is 14.3 Å². The number of halogens is 1. The average molecular weight is 384 g/mol. The number of aromatic amines is 1. The molecule has 1 aromatic heterocycles. The van der Waals surface area contributed by atoms with Crippen LogP contribution in [0.2, 0.25) is 5.02 Å². The lowest BCUT2D eigenvalue weighted by atomic mass is 10.1. The lowest BCUT2D eigenvalue weighted by molar-refractivity contribution is -0.127. The lowest BCUT2D eigenvalue weighted by Gasteiger charge is -2.14. The smallest absolute Gasteiger partial charge is 0.324 e. The first-order valence-corrected chi connectivity index (χ1v) is 9.05. The number of carbonyl (C=O) groups is 2. The first-order valence-electron chi connectivity index (χ1n) is 8.67. The quantitative estimate of drug-likeness (QED) is 0.641. The Hall–Kier alpha value is -2.99. The van der Waals surface area contributed by atoms with E-state index in [0.29, 0.717) is 17.2 Å². The van der Waals surface area contributed by atoms with E-state index in [9.17, 15) is 9.59 Å². The van der Waals surface area contributed by atoms with E-state index in [-0.39, 0.29) is 19.1 Å². The van der Waals surface area contributed by atoms with Gasteiger partial charge in [-0.05, 0) is 23.8 Å². The van der Waals surface area contributed by atoms with Crippen molar-refractivity contribution in [3.63, 3.8) is 0 Å². The molecule has 1 atom stereocenters. The lowest BCUT2D eigenvalue weighted by Crippen LogP contribution is -2.35. The number of fused-ring (bicyclic) bond motifs is 1. The summed E-state index contributed by atoms with van der Waals surface area (Å²) >= 11 is 6.04. The van der Waals surface area contributed by atoms with Gasteiger partial charge in [0.15, 0.2) is 0 Å². The molecular weight excluding hydrogens is 366 g/mol. The molecule has 1 saturated heterocycles. The van der Waals surface area contributed by atoms with E-state index in [2.05, 4.69) is 10.3 Å². The third kappa shape index (κ3) is 3.48. The van der Waals surface area contributed by atoms with Crippen LogP contribution in [-0.2, 0) is 11.2 Å². The molecule has 0 aliphatic carbocycles. The van der Waals surface area contributed by atoms with Gasteiger partial charge in [0.2, 0.25) is 0 Å². The zero-order valence-electron chi connectivity index (χ0n) is 14.4. The molecule has 0 bridgehead atoms. The van der Waals surface area contributed by atoms with Gasteiger partial charge in [0.1, 0.15) is 18.4 Å². The molecular formula is C20H18ClN3O3. The molecule has 2 aromatic carbocycles. The summed E-state index contributed by atoms with van der Waals surface area (Å²) in [7, 11) is 0. The van der Waals surface area contributed by atoms with Gasteiger partial charge in [-0.3, -0.25) is 9.69 Å². The number of hydrogen-bond acceptors (Lipinski definition) is 3. The minimum Gasteiger partial charge on any atom is -0.490 e. The second kappa shape index (κ2) is 7.32. The maximum atomic E-state index is 12.6. The Bertz CT molecular complexity index is 1000. The van der Waals surface area contributed by atoms with Gasteiger partial charge in [-0.25, -0.2) is 4.79 Å². The second-order valence-corrected chi connectivity index (χ2v) is 6.74. The van der Waals surface area contributed by atoms with Gasteiger partial charge >= 0.3 is 6.03 Å². The van der Waals surface area contributed by atoms with E-state index in [1.807, 2.05) is 42.6 Å². The van der Waals surface area contributed by atoms with Crippen LogP contribution in [0.5, 0.6) is 5.75 Å². The van der Waals surface area contributed by atoms with E-state index >= 15 is 0 Å². The second-order valence-electron chi connectivity index (χ2n) is 6.33. The molecule has 27 heavy (non-hydrogen) atoms. The van der Waals surface area contributed by atoms with Crippen molar-refractivity contribution in [2.24, 2.45) is 0 Å². The van der Waals surface area contributed by atoms with Crippen molar-refractivity contribution in [2.45, 2.75) is 12.5 Å². The summed E-state index contributed by atoms with van der Waals surface area (Å²) in [4.78, 5) is 29.2. The monoisotopic (exact) mass is 383 g/mol. The molecule has 0 radical (unpaired) electrons. The SMILES string of the molecule is O=C1N[C@@H](Cc2c[nH]c3ccccc23)C(=O)N1CCOc1ccccc1Cl. The van der Waals surface area contributed by atoms with Crippen molar-refractivity contribution in [3.8, 4) is 5.75 Å². The van der Waals surface area contributed by atoms with Crippen LogP contribution < -0.4 is 10.1 Å². The molecule has 6 nitrogen and oxygen atoms in total. The topological polar surface area (TPSA) is 74.4 Å².